The lowest BCUT2D eigenvalue weighted by Gasteiger charge is -2.30. The Hall–Kier alpha value is -0.880. The molecule has 6 heteroatoms. The zero-order valence-electron chi connectivity index (χ0n) is 11.5. The van der Waals surface area contributed by atoms with E-state index in [1.165, 1.54) is 24.1 Å². The van der Waals surface area contributed by atoms with Crippen LogP contribution in [0, 0.1) is 5.92 Å². The van der Waals surface area contributed by atoms with E-state index in [2.05, 4.69) is 38.3 Å². The first-order valence-electron chi connectivity index (χ1n) is 6.79. The monoisotopic (exact) mass is 328 g/mol. The maximum absolute atomic E-state index is 11.9. The van der Waals surface area contributed by atoms with Crippen molar-refractivity contribution < 1.29 is 0 Å². The quantitative estimate of drug-likeness (QED) is 0.915. The van der Waals surface area contributed by atoms with Gasteiger partial charge in [-0.3, -0.25) is 4.79 Å². The van der Waals surface area contributed by atoms with Crippen LogP contribution in [0.2, 0.25) is 0 Å². The van der Waals surface area contributed by atoms with Crippen molar-refractivity contribution in [3.05, 3.63) is 21.0 Å². The van der Waals surface area contributed by atoms with Crippen molar-refractivity contribution in [1.82, 2.24) is 14.7 Å². The van der Waals surface area contributed by atoms with Crippen molar-refractivity contribution in [2.75, 3.05) is 32.0 Å². The van der Waals surface area contributed by atoms with Crippen molar-refractivity contribution in [2.45, 2.75) is 26.3 Å². The molecule has 1 aliphatic heterocycles. The predicted molar refractivity (Wildman–Crippen MR) is 80.6 cm³/mol. The van der Waals surface area contributed by atoms with E-state index in [1.807, 2.05) is 6.92 Å². The first-order chi connectivity index (χ1) is 9.11. The molecule has 1 fully saturated rings. The zero-order valence-corrected chi connectivity index (χ0v) is 13.1. The largest absolute Gasteiger partial charge is 0.382 e. The van der Waals surface area contributed by atoms with Crippen LogP contribution < -0.4 is 10.9 Å². The topological polar surface area (TPSA) is 50.2 Å². The molecule has 0 spiro atoms. The van der Waals surface area contributed by atoms with Crippen LogP contribution in [0.5, 0.6) is 0 Å². The molecule has 5 nitrogen and oxygen atoms in total. The summed E-state index contributed by atoms with van der Waals surface area (Å²) in [5.41, 5.74) is 0.719. The first kappa shape index (κ1) is 14.5. The second-order valence-corrected chi connectivity index (χ2v) is 5.94. The summed E-state index contributed by atoms with van der Waals surface area (Å²) >= 11 is 3.36. The highest BCUT2D eigenvalue weighted by atomic mass is 79.9. The number of anilines is 1. The fraction of sp³-hybridized carbons (Fsp3) is 0.692. The summed E-state index contributed by atoms with van der Waals surface area (Å²) in [6.45, 7) is 5.69. The summed E-state index contributed by atoms with van der Waals surface area (Å²) in [5.74, 6) is 0.638. The van der Waals surface area contributed by atoms with E-state index >= 15 is 0 Å². The molecule has 19 heavy (non-hydrogen) atoms. The third kappa shape index (κ3) is 3.57. The minimum atomic E-state index is -0.0757. The van der Waals surface area contributed by atoms with E-state index in [0.29, 0.717) is 16.9 Å². The molecule has 0 saturated carbocycles. The van der Waals surface area contributed by atoms with Gasteiger partial charge in [0.2, 0.25) is 0 Å². The Kier molecular flexibility index (Phi) is 4.99. The van der Waals surface area contributed by atoms with Crippen molar-refractivity contribution >= 4 is 21.6 Å². The van der Waals surface area contributed by atoms with Crippen molar-refractivity contribution in [1.29, 1.82) is 0 Å². The van der Waals surface area contributed by atoms with Crippen LogP contribution in [-0.2, 0) is 6.54 Å². The molecular formula is C13H21BrN4O. The maximum Gasteiger partial charge on any atom is 0.283 e. The number of likely N-dealkylation sites (tertiary alicyclic amines) is 1. The van der Waals surface area contributed by atoms with Crippen molar-refractivity contribution in [2.24, 2.45) is 5.92 Å². The number of rotatable bonds is 4. The molecule has 2 rings (SSSR count). The Morgan fingerprint density at radius 3 is 3.05 bits per heavy atom. The van der Waals surface area contributed by atoms with Crippen LogP contribution in [0.15, 0.2) is 15.5 Å². The van der Waals surface area contributed by atoms with Gasteiger partial charge >= 0.3 is 0 Å². The van der Waals surface area contributed by atoms with Gasteiger partial charge in [0.1, 0.15) is 4.47 Å². The highest BCUT2D eigenvalue weighted by Crippen LogP contribution is 2.19. The average Bonchev–Trinajstić information content (AvgIpc) is 2.41. The highest BCUT2D eigenvalue weighted by Gasteiger charge is 2.17. The van der Waals surface area contributed by atoms with E-state index < -0.39 is 0 Å². The Bertz CT molecular complexity index is 488. The van der Waals surface area contributed by atoms with Gasteiger partial charge in [0.25, 0.3) is 5.56 Å². The Morgan fingerprint density at radius 1 is 1.58 bits per heavy atom. The van der Waals surface area contributed by atoms with E-state index in [9.17, 15) is 4.79 Å². The smallest absolute Gasteiger partial charge is 0.283 e. The summed E-state index contributed by atoms with van der Waals surface area (Å²) in [4.78, 5) is 14.3. The standard InChI is InChI=1S/C13H21BrN4O/c1-3-18-13(19)12(14)11(8-16-18)15-7-10-5-4-6-17(2)9-10/h8,10,15H,3-7,9H2,1-2H3. The van der Waals surface area contributed by atoms with E-state index in [-0.39, 0.29) is 5.56 Å². The van der Waals surface area contributed by atoms with E-state index in [1.54, 1.807) is 6.20 Å². The predicted octanol–water partition coefficient (Wildman–Crippen LogP) is 1.78. The fourth-order valence-electron chi connectivity index (χ4n) is 2.51. The second kappa shape index (κ2) is 6.52. The van der Waals surface area contributed by atoms with Crippen LogP contribution in [0.25, 0.3) is 0 Å². The SMILES string of the molecule is CCn1ncc(NCC2CCCN(C)C2)c(Br)c1=O. The molecule has 0 aliphatic carbocycles. The zero-order chi connectivity index (χ0) is 13.8. The lowest BCUT2D eigenvalue weighted by Crippen LogP contribution is -2.35. The van der Waals surface area contributed by atoms with Crippen LogP contribution in [0.3, 0.4) is 0 Å². The summed E-state index contributed by atoms with van der Waals surface area (Å²) < 4.78 is 2.03. The van der Waals surface area contributed by atoms with Gasteiger partial charge in [-0.05, 0) is 55.2 Å². The molecule has 0 bridgehead atoms. The highest BCUT2D eigenvalue weighted by molar-refractivity contribution is 9.10. The molecule has 1 atom stereocenters. The number of aromatic nitrogens is 2. The van der Waals surface area contributed by atoms with Crippen molar-refractivity contribution in [3.63, 3.8) is 0 Å². The molecule has 106 valence electrons. The van der Waals surface area contributed by atoms with Gasteiger partial charge in [0.15, 0.2) is 0 Å². The molecule has 2 heterocycles. The summed E-state index contributed by atoms with van der Waals surface area (Å²) in [6, 6.07) is 0. The maximum atomic E-state index is 11.9. The second-order valence-electron chi connectivity index (χ2n) is 5.14. The number of aryl methyl sites for hydroxylation is 1. The van der Waals surface area contributed by atoms with Crippen LogP contribution in [-0.4, -0.2) is 41.4 Å². The number of nitrogens with zero attached hydrogens (tertiary/aromatic N) is 3. The molecule has 1 aromatic rings. The average molecular weight is 329 g/mol. The summed E-state index contributed by atoms with van der Waals surface area (Å²) in [7, 11) is 2.16. The van der Waals surface area contributed by atoms with Gasteiger partial charge in [0.05, 0.1) is 11.9 Å². The molecule has 0 radical (unpaired) electrons. The minimum absolute atomic E-state index is 0.0757. The van der Waals surface area contributed by atoms with Gasteiger partial charge in [-0.25, -0.2) is 4.68 Å². The van der Waals surface area contributed by atoms with Gasteiger partial charge in [-0.15, -0.1) is 0 Å². The lowest BCUT2D eigenvalue weighted by molar-refractivity contribution is 0.217. The Morgan fingerprint density at radius 2 is 2.37 bits per heavy atom. The first-order valence-corrected chi connectivity index (χ1v) is 7.59. The molecule has 1 aromatic heterocycles. The van der Waals surface area contributed by atoms with Gasteiger partial charge in [-0.2, -0.15) is 5.10 Å². The molecule has 0 aromatic carbocycles. The molecule has 1 unspecified atom stereocenters. The van der Waals surface area contributed by atoms with Gasteiger partial charge in [0, 0.05) is 19.6 Å². The van der Waals surface area contributed by atoms with Gasteiger partial charge in [-0.1, -0.05) is 0 Å². The van der Waals surface area contributed by atoms with Gasteiger partial charge < -0.3 is 10.2 Å². The third-order valence-electron chi connectivity index (χ3n) is 3.59. The number of nitrogens with one attached hydrogen (secondary N) is 1. The van der Waals surface area contributed by atoms with E-state index in [4.69, 9.17) is 0 Å². The van der Waals surface area contributed by atoms with Crippen LogP contribution >= 0.6 is 15.9 Å². The van der Waals surface area contributed by atoms with Crippen molar-refractivity contribution in [3.8, 4) is 0 Å². The number of hydrogen-bond donors (Lipinski definition) is 1. The summed E-state index contributed by atoms with van der Waals surface area (Å²) in [5, 5.41) is 7.48. The third-order valence-corrected chi connectivity index (χ3v) is 4.35. The summed E-state index contributed by atoms with van der Waals surface area (Å²) in [6.07, 6.45) is 4.22. The normalized spacial score (nSPS) is 20.5. The Balaban J connectivity index is 2.00. The fourth-order valence-corrected chi connectivity index (χ4v) is 2.95. The minimum Gasteiger partial charge on any atom is -0.382 e. The number of piperidine rings is 1. The molecule has 1 N–H and O–H groups in total. The van der Waals surface area contributed by atoms with Crippen LogP contribution in [0.1, 0.15) is 19.8 Å². The van der Waals surface area contributed by atoms with E-state index in [0.717, 1.165) is 18.8 Å². The molecule has 1 aliphatic rings. The Labute approximate surface area is 122 Å². The molecular weight excluding hydrogens is 308 g/mol. The number of halogens is 1. The molecule has 0 amide bonds. The lowest BCUT2D eigenvalue weighted by atomic mass is 9.98. The molecule has 1 saturated heterocycles. The number of hydrogen-bond acceptors (Lipinski definition) is 4. The van der Waals surface area contributed by atoms with Crippen LogP contribution in [0.4, 0.5) is 5.69 Å².